The molecule has 4 atom stereocenters. The number of nitrogens with zero attached hydrogens (tertiary/aromatic N) is 2. The molecule has 2 bridgehead atoms. The lowest BCUT2D eigenvalue weighted by atomic mass is 9.82. The largest absolute Gasteiger partial charge is 0.271 e. The molecule has 0 amide bonds. The molecule has 1 aromatic rings. The van der Waals surface area contributed by atoms with Gasteiger partial charge in [0.05, 0.1) is 17.9 Å². The van der Waals surface area contributed by atoms with Crippen molar-refractivity contribution in [3.63, 3.8) is 0 Å². The summed E-state index contributed by atoms with van der Waals surface area (Å²) < 4.78 is 0. The number of aromatic nitrogens is 2. The molecule has 0 aromatic carbocycles. The normalized spacial score (nSPS) is 34.2. The lowest BCUT2D eigenvalue weighted by Crippen LogP contribution is -2.36. The molecule has 2 aliphatic carbocycles. The molecule has 3 rings (SSSR count). The minimum Gasteiger partial charge on any atom is -0.271 e. The van der Waals surface area contributed by atoms with Gasteiger partial charge in [0.15, 0.2) is 0 Å². The molecule has 86 valence electrons. The smallest absolute Gasteiger partial charge is 0.0772 e. The van der Waals surface area contributed by atoms with Crippen LogP contribution in [0.5, 0.6) is 0 Å². The fourth-order valence-corrected chi connectivity index (χ4v) is 3.60. The van der Waals surface area contributed by atoms with E-state index in [-0.39, 0.29) is 6.04 Å². The Morgan fingerprint density at radius 2 is 2.25 bits per heavy atom. The van der Waals surface area contributed by atoms with Crippen LogP contribution in [0.2, 0.25) is 0 Å². The van der Waals surface area contributed by atoms with Gasteiger partial charge in [-0.15, -0.1) is 0 Å². The molecular weight excluding hydrogens is 200 g/mol. The summed E-state index contributed by atoms with van der Waals surface area (Å²) in [4.78, 5) is 8.50. The van der Waals surface area contributed by atoms with Crippen molar-refractivity contribution in [2.24, 2.45) is 23.6 Å². The molecule has 16 heavy (non-hydrogen) atoms. The number of nitrogens with one attached hydrogen (secondary N) is 1. The molecule has 2 fully saturated rings. The van der Waals surface area contributed by atoms with Crippen LogP contribution in [0.3, 0.4) is 0 Å². The summed E-state index contributed by atoms with van der Waals surface area (Å²) in [5, 5.41) is 0. The monoisotopic (exact) mass is 218 g/mol. The van der Waals surface area contributed by atoms with Gasteiger partial charge in [0.25, 0.3) is 0 Å². The van der Waals surface area contributed by atoms with Gasteiger partial charge in [-0.1, -0.05) is 6.42 Å². The van der Waals surface area contributed by atoms with Gasteiger partial charge in [0.1, 0.15) is 0 Å². The Balaban J connectivity index is 1.81. The predicted molar refractivity (Wildman–Crippen MR) is 61.0 cm³/mol. The van der Waals surface area contributed by atoms with Crippen molar-refractivity contribution in [2.75, 3.05) is 0 Å². The Kier molecular flexibility index (Phi) is 2.61. The van der Waals surface area contributed by atoms with Crippen molar-refractivity contribution < 1.29 is 0 Å². The first-order valence-corrected chi connectivity index (χ1v) is 6.10. The first kappa shape index (κ1) is 10.2. The van der Waals surface area contributed by atoms with Gasteiger partial charge in [-0.2, -0.15) is 0 Å². The second kappa shape index (κ2) is 4.11. The minimum atomic E-state index is 0.184. The number of hydrazine groups is 1. The van der Waals surface area contributed by atoms with Gasteiger partial charge < -0.3 is 0 Å². The molecule has 4 heteroatoms. The minimum absolute atomic E-state index is 0.184. The summed E-state index contributed by atoms with van der Waals surface area (Å²) in [5.41, 5.74) is 3.93. The van der Waals surface area contributed by atoms with E-state index >= 15 is 0 Å². The molecule has 3 N–H and O–H groups in total. The number of fused-ring (bicyclic) bond motifs is 2. The van der Waals surface area contributed by atoms with Gasteiger partial charge in [-0.3, -0.25) is 21.2 Å². The van der Waals surface area contributed by atoms with Crippen molar-refractivity contribution >= 4 is 0 Å². The third-order valence-electron chi connectivity index (χ3n) is 4.30. The van der Waals surface area contributed by atoms with E-state index in [1.807, 2.05) is 6.20 Å². The molecule has 0 radical (unpaired) electrons. The van der Waals surface area contributed by atoms with Crippen molar-refractivity contribution in [3.8, 4) is 0 Å². The Morgan fingerprint density at radius 3 is 2.81 bits per heavy atom. The highest BCUT2D eigenvalue weighted by Gasteiger charge is 2.43. The average molecular weight is 218 g/mol. The van der Waals surface area contributed by atoms with E-state index in [0.717, 1.165) is 17.5 Å². The van der Waals surface area contributed by atoms with Crippen LogP contribution in [0.25, 0.3) is 0 Å². The van der Waals surface area contributed by atoms with Gasteiger partial charge in [-0.25, -0.2) is 0 Å². The standard InChI is InChI=1S/C12H18N4/c13-16-12(11-7-14-3-4-15-11)10-6-8-1-2-9(10)5-8/h3-4,7-10,12,16H,1-2,5-6,13H2. The summed E-state index contributed by atoms with van der Waals surface area (Å²) >= 11 is 0. The zero-order valence-electron chi connectivity index (χ0n) is 9.34. The van der Waals surface area contributed by atoms with Crippen LogP contribution in [0, 0.1) is 17.8 Å². The first-order valence-electron chi connectivity index (χ1n) is 6.10. The van der Waals surface area contributed by atoms with Crippen LogP contribution in [0.15, 0.2) is 18.6 Å². The van der Waals surface area contributed by atoms with Crippen molar-refractivity contribution in [3.05, 3.63) is 24.3 Å². The number of rotatable bonds is 3. The van der Waals surface area contributed by atoms with E-state index in [1.165, 1.54) is 25.7 Å². The number of hydrogen-bond acceptors (Lipinski definition) is 4. The van der Waals surface area contributed by atoms with E-state index < -0.39 is 0 Å². The average Bonchev–Trinajstić information content (AvgIpc) is 2.94. The van der Waals surface area contributed by atoms with Crippen LogP contribution in [-0.2, 0) is 0 Å². The third-order valence-corrected chi connectivity index (χ3v) is 4.30. The summed E-state index contributed by atoms with van der Waals surface area (Å²) in [6.07, 6.45) is 10.8. The number of hydrogen-bond donors (Lipinski definition) is 2. The van der Waals surface area contributed by atoms with Crippen LogP contribution in [-0.4, -0.2) is 9.97 Å². The van der Waals surface area contributed by atoms with Crippen LogP contribution in [0.4, 0.5) is 0 Å². The molecule has 0 saturated heterocycles. The summed E-state index contributed by atoms with van der Waals surface area (Å²) in [7, 11) is 0. The maximum Gasteiger partial charge on any atom is 0.0772 e. The Morgan fingerprint density at radius 1 is 1.31 bits per heavy atom. The Bertz CT molecular complexity index is 353. The zero-order valence-corrected chi connectivity index (χ0v) is 9.34. The van der Waals surface area contributed by atoms with Crippen molar-refractivity contribution in [1.82, 2.24) is 15.4 Å². The first-order chi connectivity index (χ1) is 7.88. The van der Waals surface area contributed by atoms with Gasteiger partial charge in [0, 0.05) is 12.4 Å². The fraction of sp³-hybridized carbons (Fsp3) is 0.667. The molecule has 2 aliphatic rings. The number of nitrogens with two attached hydrogens (primary N) is 1. The van der Waals surface area contributed by atoms with Crippen LogP contribution in [0.1, 0.15) is 37.4 Å². The highest BCUT2D eigenvalue weighted by Crippen LogP contribution is 2.52. The maximum absolute atomic E-state index is 5.70. The molecular formula is C12H18N4. The van der Waals surface area contributed by atoms with Crippen molar-refractivity contribution in [1.29, 1.82) is 0 Å². The highest BCUT2D eigenvalue weighted by molar-refractivity contribution is 5.07. The molecule has 1 aromatic heterocycles. The fourth-order valence-electron chi connectivity index (χ4n) is 3.60. The summed E-state index contributed by atoms with van der Waals surface area (Å²) in [5.74, 6) is 8.13. The lowest BCUT2D eigenvalue weighted by molar-refractivity contribution is 0.248. The second-order valence-corrected chi connectivity index (χ2v) is 5.11. The van der Waals surface area contributed by atoms with E-state index in [9.17, 15) is 0 Å². The van der Waals surface area contributed by atoms with Gasteiger partial charge >= 0.3 is 0 Å². The van der Waals surface area contributed by atoms with Crippen LogP contribution >= 0.6 is 0 Å². The van der Waals surface area contributed by atoms with Crippen LogP contribution < -0.4 is 11.3 Å². The highest BCUT2D eigenvalue weighted by atomic mass is 15.2. The Hall–Kier alpha value is -1.00. The molecule has 1 heterocycles. The predicted octanol–water partition coefficient (Wildman–Crippen LogP) is 1.42. The van der Waals surface area contributed by atoms with E-state index in [0.29, 0.717) is 5.92 Å². The van der Waals surface area contributed by atoms with Gasteiger partial charge in [0.2, 0.25) is 0 Å². The van der Waals surface area contributed by atoms with E-state index in [1.54, 1.807) is 12.4 Å². The second-order valence-electron chi connectivity index (χ2n) is 5.11. The third kappa shape index (κ3) is 1.62. The molecule has 4 nitrogen and oxygen atoms in total. The topological polar surface area (TPSA) is 63.8 Å². The molecule has 0 spiro atoms. The summed E-state index contributed by atoms with van der Waals surface area (Å²) in [6, 6.07) is 0.184. The molecule has 0 aliphatic heterocycles. The zero-order chi connectivity index (χ0) is 11.0. The maximum atomic E-state index is 5.70. The molecule has 4 unspecified atom stereocenters. The summed E-state index contributed by atoms with van der Waals surface area (Å²) in [6.45, 7) is 0. The Labute approximate surface area is 95.6 Å². The molecule has 2 saturated carbocycles. The quantitative estimate of drug-likeness (QED) is 0.595. The van der Waals surface area contributed by atoms with Crippen molar-refractivity contribution in [2.45, 2.75) is 31.7 Å². The SMILES string of the molecule is NNC(c1cnccn1)C1CC2CCC1C2. The van der Waals surface area contributed by atoms with E-state index in [4.69, 9.17) is 5.84 Å². The lowest BCUT2D eigenvalue weighted by Gasteiger charge is -2.29. The van der Waals surface area contributed by atoms with Gasteiger partial charge in [-0.05, 0) is 37.0 Å². The van der Waals surface area contributed by atoms with E-state index in [2.05, 4.69) is 15.4 Å².